The fourth-order valence-electron chi connectivity index (χ4n) is 1.82. The van der Waals surface area contributed by atoms with Crippen molar-refractivity contribution in [3.05, 3.63) is 28.8 Å². The maximum atomic E-state index is 12.0. The minimum absolute atomic E-state index is 0.0737. The number of rotatable bonds is 7. The third-order valence-corrected chi connectivity index (χ3v) is 3.91. The minimum Gasteiger partial charge on any atom is -0.452 e. The largest absolute Gasteiger partial charge is 0.452 e. The second-order valence-corrected chi connectivity index (χ2v) is 5.97. The number of benzene rings is 1. The molecule has 0 radical (unpaired) electrons. The molecule has 0 unspecified atom stereocenters. The SMILES string of the molecule is CCC[C@@H](C)NC(=O)COC(=O)c1cc(SC)ccc1Cl. The van der Waals surface area contributed by atoms with Crippen molar-refractivity contribution in [1.29, 1.82) is 0 Å². The molecule has 0 aromatic heterocycles. The Balaban J connectivity index is 2.56. The van der Waals surface area contributed by atoms with Crippen molar-refractivity contribution >= 4 is 35.2 Å². The molecule has 1 rings (SSSR count). The Morgan fingerprint density at radius 1 is 1.43 bits per heavy atom. The molecule has 0 aliphatic heterocycles. The third kappa shape index (κ3) is 5.98. The molecule has 0 saturated carbocycles. The van der Waals surface area contributed by atoms with E-state index < -0.39 is 5.97 Å². The van der Waals surface area contributed by atoms with E-state index in [1.165, 1.54) is 11.8 Å². The zero-order chi connectivity index (χ0) is 15.8. The summed E-state index contributed by atoms with van der Waals surface area (Å²) in [5, 5.41) is 3.09. The molecule has 0 saturated heterocycles. The summed E-state index contributed by atoms with van der Waals surface area (Å²) in [6.45, 7) is 3.66. The van der Waals surface area contributed by atoms with E-state index in [0.29, 0.717) is 5.02 Å². The van der Waals surface area contributed by atoms with Crippen LogP contribution in [0.25, 0.3) is 0 Å². The van der Waals surface area contributed by atoms with Gasteiger partial charge in [0.2, 0.25) is 0 Å². The van der Waals surface area contributed by atoms with E-state index in [-0.39, 0.29) is 24.1 Å². The van der Waals surface area contributed by atoms with Crippen molar-refractivity contribution in [3.8, 4) is 0 Å². The Labute approximate surface area is 134 Å². The van der Waals surface area contributed by atoms with Gasteiger partial charge < -0.3 is 10.1 Å². The van der Waals surface area contributed by atoms with Crippen LogP contribution in [0.3, 0.4) is 0 Å². The van der Waals surface area contributed by atoms with Crippen LogP contribution in [0.4, 0.5) is 0 Å². The first-order chi connectivity index (χ1) is 9.97. The number of thioether (sulfide) groups is 1. The Kier molecular flexibility index (Phi) is 7.61. The van der Waals surface area contributed by atoms with E-state index in [9.17, 15) is 9.59 Å². The van der Waals surface area contributed by atoms with Crippen molar-refractivity contribution in [2.45, 2.75) is 37.6 Å². The molecule has 1 atom stereocenters. The molecule has 6 heteroatoms. The minimum atomic E-state index is -0.589. The Morgan fingerprint density at radius 3 is 2.76 bits per heavy atom. The van der Waals surface area contributed by atoms with Gasteiger partial charge in [0.25, 0.3) is 5.91 Å². The summed E-state index contributed by atoms with van der Waals surface area (Å²) in [6, 6.07) is 5.20. The van der Waals surface area contributed by atoms with E-state index >= 15 is 0 Å². The van der Waals surface area contributed by atoms with Gasteiger partial charge in [-0.25, -0.2) is 4.79 Å². The maximum Gasteiger partial charge on any atom is 0.340 e. The third-order valence-electron chi connectivity index (χ3n) is 2.86. The number of ether oxygens (including phenoxy) is 1. The van der Waals surface area contributed by atoms with Crippen LogP contribution in [-0.4, -0.2) is 30.8 Å². The van der Waals surface area contributed by atoms with Crippen LogP contribution in [0.5, 0.6) is 0 Å². The second kappa shape index (κ2) is 8.95. The highest BCUT2D eigenvalue weighted by Crippen LogP contribution is 2.23. The second-order valence-electron chi connectivity index (χ2n) is 4.68. The number of halogens is 1. The van der Waals surface area contributed by atoms with Gasteiger partial charge in [0.1, 0.15) is 0 Å². The van der Waals surface area contributed by atoms with Gasteiger partial charge in [0.15, 0.2) is 6.61 Å². The number of hydrogen-bond donors (Lipinski definition) is 1. The summed E-state index contributed by atoms with van der Waals surface area (Å²) < 4.78 is 5.00. The molecule has 0 spiro atoms. The summed E-state index contributed by atoms with van der Waals surface area (Å²) in [5.74, 6) is -0.893. The number of carbonyl (C=O) groups is 2. The fourth-order valence-corrected chi connectivity index (χ4v) is 2.45. The lowest BCUT2D eigenvalue weighted by Crippen LogP contribution is -2.35. The molecule has 1 aromatic carbocycles. The summed E-state index contributed by atoms with van der Waals surface area (Å²) >= 11 is 7.48. The van der Waals surface area contributed by atoms with Crippen LogP contribution >= 0.6 is 23.4 Å². The number of hydrogen-bond acceptors (Lipinski definition) is 4. The summed E-state index contributed by atoms with van der Waals surface area (Å²) in [4.78, 5) is 24.5. The van der Waals surface area contributed by atoms with Crippen LogP contribution in [0.2, 0.25) is 5.02 Å². The number of amides is 1. The molecule has 116 valence electrons. The van der Waals surface area contributed by atoms with Gasteiger partial charge in [-0.1, -0.05) is 24.9 Å². The van der Waals surface area contributed by atoms with E-state index in [2.05, 4.69) is 5.32 Å². The summed E-state index contributed by atoms with van der Waals surface area (Å²) in [6.07, 6.45) is 3.78. The maximum absolute atomic E-state index is 12.0. The Morgan fingerprint density at radius 2 is 2.14 bits per heavy atom. The van der Waals surface area contributed by atoms with Crippen LogP contribution in [0.1, 0.15) is 37.0 Å². The number of esters is 1. The molecular weight excluding hydrogens is 310 g/mol. The van der Waals surface area contributed by atoms with E-state index in [0.717, 1.165) is 17.7 Å². The number of carbonyl (C=O) groups excluding carboxylic acids is 2. The lowest BCUT2D eigenvalue weighted by molar-refractivity contribution is -0.124. The van der Waals surface area contributed by atoms with E-state index in [1.807, 2.05) is 26.2 Å². The van der Waals surface area contributed by atoms with Gasteiger partial charge >= 0.3 is 5.97 Å². The molecule has 0 fully saturated rings. The topological polar surface area (TPSA) is 55.4 Å². The molecule has 0 aliphatic rings. The highest BCUT2D eigenvalue weighted by atomic mass is 35.5. The van der Waals surface area contributed by atoms with Gasteiger partial charge in [-0.3, -0.25) is 4.79 Å². The molecule has 21 heavy (non-hydrogen) atoms. The summed E-state index contributed by atoms with van der Waals surface area (Å²) in [7, 11) is 0. The highest BCUT2D eigenvalue weighted by molar-refractivity contribution is 7.98. The van der Waals surface area contributed by atoms with Gasteiger partial charge in [0, 0.05) is 10.9 Å². The molecule has 4 nitrogen and oxygen atoms in total. The molecule has 0 heterocycles. The Hall–Kier alpha value is -1.20. The van der Waals surface area contributed by atoms with Gasteiger partial charge in [-0.15, -0.1) is 11.8 Å². The Bertz CT molecular complexity index is 508. The van der Waals surface area contributed by atoms with Crippen LogP contribution in [0.15, 0.2) is 23.1 Å². The lowest BCUT2D eigenvalue weighted by atomic mass is 10.2. The first-order valence-corrected chi connectivity index (χ1v) is 8.38. The van der Waals surface area contributed by atoms with Crippen molar-refractivity contribution in [2.75, 3.05) is 12.9 Å². The average molecular weight is 330 g/mol. The van der Waals surface area contributed by atoms with Gasteiger partial charge in [0.05, 0.1) is 10.6 Å². The quantitative estimate of drug-likeness (QED) is 0.614. The monoisotopic (exact) mass is 329 g/mol. The van der Waals surface area contributed by atoms with Crippen molar-refractivity contribution in [2.24, 2.45) is 0 Å². The molecular formula is C15H20ClNO3S. The highest BCUT2D eigenvalue weighted by Gasteiger charge is 2.15. The molecule has 1 N–H and O–H groups in total. The lowest BCUT2D eigenvalue weighted by Gasteiger charge is -2.13. The predicted octanol–water partition coefficient (Wildman–Crippen LogP) is 3.52. The molecule has 0 aliphatic carbocycles. The van der Waals surface area contributed by atoms with Crippen LogP contribution < -0.4 is 5.32 Å². The smallest absolute Gasteiger partial charge is 0.340 e. The van der Waals surface area contributed by atoms with Crippen molar-refractivity contribution in [3.63, 3.8) is 0 Å². The van der Waals surface area contributed by atoms with Crippen molar-refractivity contribution < 1.29 is 14.3 Å². The summed E-state index contributed by atoms with van der Waals surface area (Å²) in [5.41, 5.74) is 0.276. The zero-order valence-corrected chi connectivity index (χ0v) is 14.0. The normalized spacial score (nSPS) is 11.8. The van der Waals surface area contributed by atoms with Crippen LogP contribution in [0, 0.1) is 0 Å². The molecule has 1 amide bonds. The standard InChI is InChI=1S/C15H20ClNO3S/c1-4-5-10(2)17-14(18)9-20-15(19)12-8-11(21-3)6-7-13(12)16/h6-8,10H,4-5,9H2,1-3H3,(H,17,18)/t10-/m1/s1. The fraction of sp³-hybridized carbons (Fsp3) is 0.467. The average Bonchev–Trinajstić information content (AvgIpc) is 2.45. The zero-order valence-electron chi connectivity index (χ0n) is 12.4. The van der Waals surface area contributed by atoms with Gasteiger partial charge in [-0.05, 0) is 37.8 Å². The van der Waals surface area contributed by atoms with Gasteiger partial charge in [-0.2, -0.15) is 0 Å². The molecule has 0 bridgehead atoms. The van der Waals surface area contributed by atoms with Crippen LogP contribution in [-0.2, 0) is 9.53 Å². The van der Waals surface area contributed by atoms with Crippen molar-refractivity contribution in [1.82, 2.24) is 5.32 Å². The number of nitrogens with one attached hydrogen (secondary N) is 1. The molecule has 1 aromatic rings. The first-order valence-electron chi connectivity index (χ1n) is 6.78. The first kappa shape index (κ1) is 17.9. The van der Waals surface area contributed by atoms with E-state index in [4.69, 9.17) is 16.3 Å². The predicted molar refractivity (Wildman–Crippen MR) is 86.0 cm³/mol. The van der Waals surface area contributed by atoms with E-state index in [1.54, 1.807) is 12.1 Å².